The number of allylic oxidation sites excluding steroid dienone is 2. The molecule has 0 bridgehead atoms. The molecule has 0 aromatic heterocycles. The van der Waals surface area contributed by atoms with Crippen molar-refractivity contribution in [1.82, 2.24) is 4.90 Å². The van der Waals surface area contributed by atoms with Gasteiger partial charge in [-0.3, -0.25) is 0 Å². The summed E-state index contributed by atoms with van der Waals surface area (Å²) >= 11 is 0. The molecule has 2 aliphatic rings. The zero-order valence-electron chi connectivity index (χ0n) is 17.4. The second-order valence-electron chi connectivity index (χ2n) is 7.89. The second kappa shape index (κ2) is 9.15. The van der Waals surface area contributed by atoms with Crippen LogP contribution >= 0.6 is 0 Å². The van der Waals surface area contributed by atoms with Crippen molar-refractivity contribution in [3.05, 3.63) is 89.5 Å². The van der Waals surface area contributed by atoms with Crippen LogP contribution in [0.4, 0.5) is 5.69 Å². The summed E-state index contributed by atoms with van der Waals surface area (Å²) in [5.74, 6) is 0.917. The molecular weight excluding hydrogens is 356 g/mol. The van der Waals surface area contributed by atoms with E-state index in [9.17, 15) is 0 Å². The van der Waals surface area contributed by atoms with E-state index in [4.69, 9.17) is 4.74 Å². The molecule has 0 fully saturated rings. The molecule has 2 aromatic carbocycles. The van der Waals surface area contributed by atoms with Crippen molar-refractivity contribution in [1.29, 1.82) is 0 Å². The molecule has 4 rings (SSSR count). The molecule has 150 valence electrons. The van der Waals surface area contributed by atoms with Crippen LogP contribution in [0.25, 0.3) is 5.57 Å². The molecule has 1 unspecified atom stereocenters. The van der Waals surface area contributed by atoms with Gasteiger partial charge in [0.15, 0.2) is 0 Å². The fourth-order valence-corrected chi connectivity index (χ4v) is 4.03. The van der Waals surface area contributed by atoms with Crippen LogP contribution in [0.15, 0.2) is 78.4 Å². The zero-order chi connectivity index (χ0) is 20.1. The summed E-state index contributed by atoms with van der Waals surface area (Å²) in [5, 5.41) is 3.74. The summed E-state index contributed by atoms with van der Waals surface area (Å²) in [6.45, 7) is 2.09. The van der Waals surface area contributed by atoms with Gasteiger partial charge in [-0.25, -0.2) is 0 Å². The van der Waals surface area contributed by atoms with Crippen LogP contribution in [0.5, 0.6) is 5.75 Å². The average Bonchev–Trinajstić information content (AvgIpc) is 2.93. The highest BCUT2D eigenvalue weighted by molar-refractivity contribution is 5.80. The fraction of sp³-hybridized carbons (Fsp3) is 0.308. The number of nitrogens with zero attached hydrogens (tertiary/aromatic N) is 1. The van der Waals surface area contributed by atoms with E-state index in [-0.39, 0.29) is 0 Å². The lowest BCUT2D eigenvalue weighted by Gasteiger charge is -2.20. The minimum atomic E-state index is 0.381. The minimum absolute atomic E-state index is 0.381. The second-order valence-corrected chi connectivity index (χ2v) is 7.89. The first kappa shape index (κ1) is 19.5. The fourth-order valence-electron chi connectivity index (χ4n) is 4.03. The quantitative estimate of drug-likeness (QED) is 0.697. The van der Waals surface area contributed by atoms with Crippen molar-refractivity contribution in [3.8, 4) is 5.75 Å². The highest BCUT2D eigenvalue weighted by atomic mass is 16.5. The lowest BCUT2D eigenvalue weighted by Crippen LogP contribution is -2.22. The Balaban J connectivity index is 1.41. The summed E-state index contributed by atoms with van der Waals surface area (Å²) in [6, 6.07) is 17.5. The highest BCUT2D eigenvalue weighted by Crippen LogP contribution is 2.34. The van der Waals surface area contributed by atoms with Gasteiger partial charge in [0.05, 0.1) is 13.2 Å². The lowest BCUT2D eigenvalue weighted by molar-refractivity contribution is 0.347. The lowest BCUT2D eigenvalue weighted by atomic mass is 9.95. The van der Waals surface area contributed by atoms with Gasteiger partial charge < -0.3 is 15.0 Å². The van der Waals surface area contributed by atoms with Gasteiger partial charge in [0.2, 0.25) is 0 Å². The number of rotatable bonds is 7. The van der Waals surface area contributed by atoms with Crippen LogP contribution in [-0.2, 0) is 6.42 Å². The van der Waals surface area contributed by atoms with Crippen molar-refractivity contribution in [2.24, 2.45) is 0 Å². The molecule has 3 heteroatoms. The van der Waals surface area contributed by atoms with Gasteiger partial charge >= 0.3 is 0 Å². The van der Waals surface area contributed by atoms with Crippen LogP contribution in [-0.4, -0.2) is 38.2 Å². The van der Waals surface area contributed by atoms with Crippen molar-refractivity contribution in [2.75, 3.05) is 32.6 Å². The summed E-state index contributed by atoms with van der Waals surface area (Å²) in [4.78, 5) is 2.43. The van der Waals surface area contributed by atoms with E-state index < -0.39 is 0 Å². The monoisotopic (exact) mass is 386 g/mol. The Hall–Kier alpha value is -2.78. The normalized spacial score (nSPS) is 17.6. The van der Waals surface area contributed by atoms with E-state index in [1.807, 2.05) is 12.1 Å². The zero-order valence-corrected chi connectivity index (χ0v) is 17.4. The number of hydrogen-bond acceptors (Lipinski definition) is 3. The third kappa shape index (κ3) is 4.80. The predicted molar refractivity (Wildman–Crippen MR) is 122 cm³/mol. The first-order chi connectivity index (χ1) is 14.2. The third-order valence-corrected chi connectivity index (χ3v) is 5.85. The van der Waals surface area contributed by atoms with Crippen molar-refractivity contribution in [2.45, 2.75) is 25.3 Å². The minimum Gasteiger partial charge on any atom is -0.497 e. The molecule has 29 heavy (non-hydrogen) atoms. The molecule has 3 nitrogen and oxygen atoms in total. The van der Waals surface area contributed by atoms with Gasteiger partial charge in [-0.1, -0.05) is 54.6 Å². The Morgan fingerprint density at radius 3 is 2.66 bits per heavy atom. The molecule has 1 heterocycles. The number of benzene rings is 2. The number of fused-ring (bicyclic) bond motifs is 2. The van der Waals surface area contributed by atoms with Gasteiger partial charge in [-0.2, -0.15) is 0 Å². The molecule has 2 aromatic rings. The van der Waals surface area contributed by atoms with Gasteiger partial charge in [0, 0.05) is 24.3 Å². The number of methoxy groups -OCH3 is 1. The van der Waals surface area contributed by atoms with Gasteiger partial charge in [-0.05, 0) is 61.2 Å². The summed E-state index contributed by atoms with van der Waals surface area (Å²) in [6.07, 6.45) is 12.2. The maximum Gasteiger partial charge on any atom is 0.118 e. The number of likely N-dealkylation sites (N-methyl/N-ethyl adjacent to an activating group) is 1. The maximum atomic E-state index is 5.25. The molecule has 0 amide bonds. The number of ether oxygens (including phenoxy) is 1. The Labute approximate surface area is 174 Å². The van der Waals surface area contributed by atoms with E-state index in [0.29, 0.717) is 6.04 Å². The van der Waals surface area contributed by atoms with Gasteiger partial charge in [0.1, 0.15) is 5.75 Å². The van der Waals surface area contributed by atoms with Gasteiger partial charge in [-0.15, -0.1) is 0 Å². The number of nitrogens with one attached hydrogen (secondary N) is 1. The number of para-hydroxylation sites is 1. The molecule has 0 saturated heterocycles. The summed E-state index contributed by atoms with van der Waals surface area (Å²) < 4.78 is 5.25. The van der Waals surface area contributed by atoms with Crippen LogP contribution in [0.3, 0.4) is 0 Å². The van der Waals surface area contributed by atoms with E-state index >= 15 is 0 Å². The van der Waals surface area contributed by atoms with Crippen LogP contribution in [0.1, 0.15) is 24.0 Å². The Morgan fingerprint density at radius 2 is 1.83 bits per heavy atom. The van der Waals surface area contributed by atoms with E-state index in [0.717, 1.165) is 38.1 Å². The Kier molecular flexibility index (Phi) is 6.16. The molecular formula is C26H30N2O. The SMILES string of the molecule is COc1ccc(CCN(C)CCC2=CC3=CC=CCC3Nc3ccccc32)cc1. The van der Waals surface area contributed by atoms with E-state index in [1.54, 1.807) is 7.11 Å². The first-order valence-electron chi connectivity index (χ1n) is 10.5. The maximum absolute atomic E-state index is 5.25. The molecule has 1 N–H and O–H groups in total. The van der Waals surface area contributed by atoms with Crippen molar-refractivity contribution in [3.63, 3.8) is 0 Å². The average molecular weight is 387 g/mol. The predicted octanol–water partition coefficient (Wildman–Crippen LogP) is 5.32. The number of hydrogen-bond donors (Lipinski definition) is 1. The standard InChI is InChI=1S/C26H30N2O/c1-28(17-15-20-11-13-23(29-2)14-12-20)18-16-21-19-22-7-3-5-9-25(22)27-26-10-6-4-8-24(21)26/h3-8,10-14,19,25,27H,9,15-18H2,1-2H3. The Morgan fingerprint density at radius 1 is 1.03 bits per heavy atom. The molecule has 0 saturated carbocycles. The molecule has 1 aliphatic carbocycles. The Bertz CT molecular complexity index is 924. The van der Waals surface area contributed by atoms with Crippen molar-refractivity contribution < 1.29 is 4.74 Å². The van der Waals surface area contributed by atoms with E-state index in [1.165, 1.54) is 28.0 Å². The summed E-state index contributed by atoms with van der Waals surface area (Å²) in [7, 11) is 3.93. The van der Waals surface area contributed by atoms with Crippen molar-refractivity contribution >= 4 is 11.3 Å². The molecule has 0 spiro atoms. The topological polar surface area (TPSA) is 24.5 Å². The smallest absolute Gasteiger partial charge is 0.118 e. The van der Waals surface area contributed by atoms with Crippen LogP contribution in [0, 0.1) is 0 Å². The van der Waals surface area contributed by atoms with E-state index in [2.05, 4.69) is 78.0 Å². The highest BCUT2D eigenvalue weighted by Gasteiger charge is 2.21. The van der Waals surface area contributed by atoms with Crippen LogP contribution < -0.4 is 10.1 Å². The van der Waals surface area contributed by atoms with Crippen LogP contribution in [0.2, 0.25) is 0 Å². The van der Waals surface area contributed by atoms with Gasteiger partial charge in [0.25, 0.3) is 0 Å². The molecule has 1 atom stereocenters. The largest absolute Gasteiger partial charge is 0.497 e. The number of anilines is 1. The molecule has 0 radical (unpaired) electrons. The summed E-state index contributed by atoms with van der Waals surface area (Å²) in [5.41, 5.74) is 6.76. The first-order valence-corrected chi connectivity index (χ1v) is 10.5. The third-order valence-electron chi connectivity index (χ3n) is 5.85. The molecule has 1 aliphatic heterocycles.